The number of carbonyl (C=O) groups excluding carboxylic acids is 2. The Morgan fingerprint density at radius 2 is 2.19 bits per heavy atom. The highest BCUT2D eigenvalue weighted by atomic mass is 16.5. The van der Waals surface area contributed by atoms with Crippen LogP contribution < -0.4 is 10.6 Å². The van der Waals surface area contributed by atoms with E-state index in [4.69, 9.17) is 4.52 Å². The molecule has 4 heterocycles. The first-order valence-electron chi connectivity index (χ1n) is 10.1. The molecule has 9 heteroatoms. The van der Waals surface area contributed by atoms with E-state index in [1.807, 2.05) is 43.3 Å². The van der Waals surface area contributed by atoms with Crippen molar-refractivity contribution in [1.29, 1.82) is 0 Å². The summed E-state index contributed by atoms with van der Waals surface area (Å²) in [6.07, 6.45) is 5.42. The lowest BCUT2D eigenvalue weighted by Crippen LogP contribution is -2.32. The summed E-state index contributed by atoms with van der Waals surface area (Å²) in [7, 11) is 0. The lowest BCUT2D eigenvalue weighted by atomic mass is 10.0. The van der Waals surface area contributed by atoms with E-state index in [1.54, 1.807) is 16.8 Å². The first kappa shape index (κ1) is 19.0. The van der Waals surface area contributed by atoms with Crippen LogP contribution in [0.5, 0.6) is 0 Å². The normalized spacial score (nSPS) is 16.3. The van der Waals surface area contributed by atoms with Gasteiger partial charge in [0.1, 0.15) is 17.4 Å². The summed E-state index contributed by atoms with van der Waals surface area (Å²) in [6.45, 7) is 1.91. The number of anilines is 1. The van der Waals surface area contributed by atoms with Gasteiger partial charge in [-0.05, 0) is 43.5 Å². The summed E-state index contributed by atoms with van der Waals surface area (Å²) < 4.78 is 7.12. The summed E-state index contributed by atoms with van der Waals surface area (Å²) in [6, 6.07) is 10.9. The van der Waals surface area contributed by atoms with Crippen molar-refractivity contribution in [3.8, 4) is 11.4 Å². The molecular formula is C22H20N6O3. The van der Waals surface area contributed by atoms with Gasteiger partial charge >= 0.3 is 0 Å². The molecule has 5 rings (SSSR count). The minimum Gasteiger partial charge on any atom is -0.344 e. The number of aryl methyl sites for hydroxylation is 1. The van der Waals surface area contributed by atoms with Gasteiger partial charge in [0.2, 0.25) is 17.6 Å². The molecule has 0 aliphatic carbocycles. The number of fused-ring (bicyclic) bond motifs is 1. The second-order valence-electron chi connectivity index (χ2n) is 7.52. The zero-order valence-corrected chi connectivity index (χ0v) is 16.8. The van der Waals surface area contributed by atoms with Gasteiger partial charge in [0, 0.05) is 23.9 Å². The quantitative estimate of drug-likeness (QED) is 0.528. The van der Waals surface area contributed by atoms with Crippen LogP contribution in [0.2, 0.25) is 0 Å². The number of aromatic nitrogens is 4. The molecule has 0 unspecified atom stereocenters. The number of nitrogens with one attached hydrogen (secondary N) is 2. The number of imidazole rings is 1. The molecule has 1 atom stereocenters. The van der Waals surface area contributed by atoms with Crippen LogP contribution in [-0.4, -0.2) is 31.3 Å². The number of hydrogen-bond donors (Lipinski definition) is 2. The fraction of sp³-hybridized carbons (Fsp3) is 0.227. The maximum absolute atomic E-state index is 12.9. The SMILES string of the molecule is Cc1ccc(-c2noc([C@@H]3CCCC(=O)N3)n2)cc1NC(=O)c1cnc2ccccn12. The van der Waals surface area contributed by atoms with Gasteiger partial charge in [0.25, 0.3) is 5.91 Å². The van der Waals surface area contributed by atoms with Crippen LogP contribution in [0.4, 0.5) is 5.69 Å². The molecule has 9 nitrogen and oxygen atoms in total. The predicted octanol–water partition coefficient (Wildman–Crippen LogP) is 3.29. The minimum atomic E-state index is -0.266. The maximum Gasteiger partial charge on any atom is 0.274 e. The van der Waals surface area contributed by atoms with Crippen molar-refractivity contribution in [2.45, 2.75) is 32.2 Å². The molecule has 1 fully saturated rings. The Labute approximate surface area is 177 Å². The molecule has 0 spiro atoms. The van der Waals surface area contributed by atoms with E-state index in [0.717, 1.165) is 18.4 Å². The molecule has 0 saturated carbocycles. The molecule has 3 aromatic heterocycles. The number of benzene rings is 1. The van der Waals surface area contributed by atoms with Crippen molar-refractivity contribution in [3.63, 3.8) is 0 Å². The second kappa shape index (κ2) is 7.67. The third-order valence-corrected chi connectivity index (χ3v) is 5.37. The Hall–Kier alpha value is -4.01. The molecular weight excluding hydrogens is 396 g/mol. The van der Waals surface area contributed by atoms with E-state index in [2.05, 4.69) is 25.8 Å². The van der Waals surface area contributed by atoms with E-state index in [1.165, 1.54) is 0 Å². The van der Waals surface area contributed by atoms with Crippen molar-refractivity contribution in [2.75, 3.05) is 5.32 Å². The Morgan fingerprint density at radius 3 is 3.06 bits per heavy atom. The first-order valence-corrected chi connectivity index (χ1v) is 10.1. The van der Waals surface area contributed by atoms with Gasteiger partial charge in [-0.25, -0.2) is 4.98 Å². The molecule has 1 aliphatic rings. The van der Waals surface area contributed by atoms with E-state index >= 15 is 0 Å². The van der Waals surface area contributed by atoms with Gasteiger partial charge in [-0.2, -0.15) is 4.98 Å². The average Bonchev–Trinajstić information content (AvgIpc) is 3.43. The largest absolute Gasteiger partial charge is 0.344 e. The summed E-state index contributed by atoms with van der Waals surface area (Å²) >= 11 is 0. The van der Waals surface area contributed by atoms with Crippen molar-refractivity contribution >= 4 is 23.1 Å². The Balaban J connectivity index is 1.39. The highest BCUT2D eigenvalue weighted by Crippen LogP contribution is 2.27. The third kappa shape index (κ3) is 3.65. The van der Waals surface area contributed by atoms with Crippen LogP contribution in [0.15, 0.2) is 53.3 Å². The molecule has 0 radical (unpaired) electrons. The maximum atomic E-state index is 12.9. The molecule has 0 bridgehead atoms. The summed E-state index contributed by atoms with van der Waals surface area (Å²) in [4.78, 5) is 33.2. The number of pyridine rings is 1. The van der Waals surface area contributed by atoms with E-state index in [9.17, 15) is 9.59 Å². The molecule has 2 amide bonds. The number of amides is 2. The van der Waals surface area contributed by atoms with E-state index in [0.29, 0.717) is 40.7 Å². The smallest absolute Gasteiger partial charge is 0.274 e. The second-order valence-corrected chi connectivity index (χ2v) is 7.52. The molecule has 1 aromatic carbocycles. The molecule has 4 aromatic rings. The van der Waals surface area contributed by atoms with Gasteiger partial charge in [-0.1, -0.05) is 23.4 Å². The lowest BCUT2D eigenvalue weighted by molar-refractivity contribution is -0.123. The monoisotopic (exact) mass is 416 g/mol. The van der Waals surface area contributed by atoms with Crippen molar-refractivity contribution in [1.82, 2.24) is 24.8 Å². The van der Waals surface area contributed by atoms with E-state index < -0.39 is 0 Å². The van der Waals surface area contributed by atoms with Gasteiger partial charge < -0.3 is 15.2 Å². The number of piperidine rings is 1. The molecule has 1 saturated heterocycles. The van der Waals surface area contributed by atoms with Gasteiger partial charge in [-0.3, -0.25) is 14.0 Å². The predicted molar refractivity (Wildman–Crippen MR) is 112 cm³/mol. The summed E-state index contributed by atoms with van der Waals surface area (Å²) in [5.41, 5.74) is 3.39. The van der Waals surface area contributed by atoms with E-state index in [-0.39, 0.29) is 17.9 Å². The van der Waals surface area contributed by atoms with Crippen LogP contribution >= 0.6 is 0 Å². The van der Waals surface area contributed by atoms with Crippen LogP contribution in [0.3, 0.4) is 0 Å². The van der Waals surface area contributed by atoms with Crippen LogP contribution in [0.25, 0.3) is 17.0 Å². The summed E-state index contributed by atoms with van der Waals surface area (Å²) in [5, 5.41) is 9.88. The number of carbonyl (C=O) groups is 2. The Kier molecular flexibility index (Phi) is 4.70. The molecule has 1 aliphatic heterocycles. The fourth-order valence-corrected chi connectivity index (χ4v) is 3.67. The molecule has 31 heavy (non-hydrogen) atoms. The number of hydrogen-bond acceptors (Lipinski definition) is 6. The van der Waals surface area contributed by atoms with Crippen LogP contribution in [0.1, 0.15) is 47.2 Å². The highest BCUT2D eigenvalue weighted by Gasteiger charge is 2.25. The van der Waals surface area contributed by atoms with Crippen LogP contribution in [0, 0.1) is 6.92 Å². The molecule has 156 valence electrons. The fourth-order valence-electron chi connectivity index (χ4n) is 3.67. The minimum absolute atomic E-state index is 0.0104. The number of rotatable bonds is 4. The van der Waals surface area contributed by atoms with Gasteiger partial charge in [0.05, 0.1) is 6.20 Å². The summed E-state index contributed by atoms with van der Waals surface area (Å²) in [5.74, 6) is 0.515. The van der Waals surface area contributed by atoms with Crippen molar-refractivity contribution < 1.29 is 14.1 Å². The standard InChI is InChI=1S/C22H20N6O3/c1-13-8-9-14(20-26-22(31-27-20)15-5-4-7-19(29)24-15)11-16(13)25-21(30)17-12-23-18-6-2-3-10-28(17)18/h2-3,6,8-12,15H,4-5,7H2,1H3,(H,24,29)(H,25,30)/t15-/m0/s1. The Morgan fingerprint density at radius 1 is 1.29 bits per heavy atom. The zero-order chi connectivity index (χ0) is 21.4. The van der Waals surface area contributed by atoms with Crippen molar-refractivity contribution in [3.05, 3.63) is 65.9 Å². The zero-order valence-electron chi connectivity index (χ0n) is 16.8. The van der Waals surface area contributed by atoms with Gasteiger partial charge in [-0.15, -0.1) is 0 Å². The number of nitrogens with zero attached hydrogens (tertiary/aromatic N) is 4. The first-order chi connectivity index (χ1) is 15.1. The lowest BCUT2D eigenvalue weighted by Gasteiger charge is -2.19. The Bertz CT molecular complexity index is 1290. The van der Waals surface area contributed by atoms with Crippen molar-refractivity contribution in [2.24, 2.45) is 0 Å². The topological polar surface area (TPSA) is 114 Å². The average molecular weight is 416 g/mol. The molecule has 2 N–H and O–H groups in total. The highest BCUT2D eigenvalue weighted by molar-refractivity contribution is 6.04. The van der Waals surface area contributed by atoms with Gasteiger partial charge in [0.15, 0.2) is 0 Å². The third-order valence-electron chi connectivity index (χ3n) is 5.37. The van der Waals surface area contributed by atoms with Crippen LogP contribution in [-0.2, 0) is 4.79 Å².